The number of hydrogen-bond donors (Lipinski definition) is 2. The van der Waals surface area contributed by atoms with Gasteiger partial charge in [-0.2, -0.15) is 0 Å². The van der Waals surface area contributed by atoms with Crippen molar-refractivity contribution in [3.05, 3.63) is 30.2 Å². The van der Waals surface area contributed by atoms with E-state index in [-0.39, 0.29) is 5.82 Å². The predicted octanol–water partition coefficient (Wildman–Crippen LogP) is 1.88. The number of hydrogen-bond acceptors (Lipinski definition) is 1. The van der Waals surface area contributed by atoms with Crippen LogP contribution in [0, 0.1) is 5.82 Å². The highest BCUT2D eigenvalue weighted by Gasteiger charge is 2.05. The van der Waals surface area contributed by atoms with Crippen LogP contribution in [-0.4, -0.2) is 11.4 Å². The second kappa shape index (κ2) is 2.90. The number of aromatic nitrogens is 1. The van der Waals surface area contributed by atoms with E-state index in [9.17, 15) is 9.18 Å². The largest absolute Gasteiger partial charge is 0.359 e. The van der Waals surface area contributed by atoms with Gasteiger partial charge in [0.15, 0.2) is 0 Å². The Hall–Kier alpha value is -1.84. The number of rotatable bonds is 2. The summed E-state index contributed by atoms with van der Waals surface area (Å²) in [5.74, 6) is -0.298. The lowest BCUT2D eigenvalue weighted by Gasteiger charge is -2.00. The number of amides is 1. The molecule has 13 heavy (non-hydrogen) atoms. The standard InChI is InChI=1S/C9H7FN2O/c10-7-1-2-8(12-5-13)9-6(7)3-4-11-9/h1-5,11H,(H,12,13). The summed E-state index contributed by atoms with van der Waals surface area (Å²) in [5, 5.41) is 2.96. The summed E-state index contributed by atoms with van der Waals surface area (Å²) in [6.07, 6.45) is 2.19. The molecule has 0 bridgehead atoms. The fourth-order valence-corrected chi connectivity index (χ4v) is 1.30. The lowest BCUT2D eigenvalue weighted by Crippen LogP contribution is -1.94. The fraction of sp³-hybridized carbons (Fsp3) is 0. The number of nitrogens with one attached hydrogen (secondary N) is 2. The van der Waals surface area contributed by atoms with Gasteiger partial charge in [-0.25, -0.2) is 4.39 Å². The van der Waals surface area contributed by atoms with Gasteiger partial charge in [-0.3, -0.25) is 4.79 Å². The third kappa shape index (κ3) is 1.16. The summed E-state index contributed by atoms with van der Waals surface area (Å²) >= 11 is 0. The smallest absolute Gasteiger partial charge is 0.211 e. The number of halogens is 1. The third-order valence-corrected chi connectivity index (χ3v) is 1.88. The van der Waals surface area contributed by atoms with E-state index in [4.69, 9.17) is 0 Å². The molecule has 0 radical (unpaired) electrons. The Kier molecular flexibility index (Phi) is 1.73. The zero-order valence-corrected chi connectivity index (χ0v) is 6.67. The van der Waals surface area contributed by atoms with E-state index < -0.39 is 0 Å². The van der Waals surface area contributed by atoms with Crippen LogP contribution in [0.25, 0.3) is 10.9 Å². The van der Waals surface area contributed by atoms with Crippen molar-refractivity contribution < 1.29 is 9.18 Å². The summed E-state index contributed by atoms with van der Waals surface area (Å²) in [6, 6.07) is 4.46. The van der Waals surface area contributed by atoms with Gasteiger partial charge >= 0.3 is 0 Å². The second-order valence-corrected chi connectivity index (χ2v) is 2.62. The van der Waals surface area contributed by atoms with Crippen molar-refractivity contribution in [1.82, 2.24) is 4.98 Å². The van der Waals surface area contributed by atoms with Gasteiger partial charge in [0.05, 0.1) is 11.2 Å². The van der Waals surface area contributed by atoms with Crippen molar-refractivity contribution in [3.8, 4) is 0 Å². The molecule has 0 unspecified atom stereocenters. The maximum atomic E-state index is 13.1. The first kappa shape index (κ1) is 7.79. The molecule has 66 valence electrons. The fourth-order valence-electron chi connectivity index (χ4n) is 1.30. The molecular weight excluding hydrogens is 171 g/mol. The molecule has 0 aliphatic heterocycles. The van der Waals surface area contributed by atoms with Crippen LogP contribution in [0.4, 0.5) is 10.1 Å². The van der Waals surface area contributed by atoms with Gasteiger partial charge in [-0.05, 0) is 18.2 Å². The molecule has 3 nitrogen and oxygen atoms in total. The Labute approximate surface area is 73.6 Å². The van der Waals surface area contributed by atoms with Crippen LogP contribution in [0.1, 0.15) is 0 Å². The van der Waals surface area contributed by atoms with Crippen molar-refractivity contribution in [2.75, 3.05) is 5.32 Å². The van der Waals surface area contributed by atoms with Gasteiger partial charge in [0.1, 0.15) is 5.82 Å². The minimum absolute atomic E-state index is 0.298. The van der Waals surface area contributed by atoms with Crippen molar-refractivity contribution in [1.29, 1.82) is 0 Å². The highest BCUT2D eigenvalue weighted by atomic mass is 19.1. The Balaban J connectivity index is 2.70. The average molecular weight is 178 g/mol. The van der Waals surface area contributed by atoms with Crippen LogP contribution in [-0.2, 0) is 4.79 Å². The highest BCUT2D eigenvalue weighted by molar-refractivity contribution is 5.95. The monoisotopic (exact) mass is 178 g/mol. The molecule has 0 atom stereocenters. The molecule has 2 rings (SSSR count). The summed E-state index contributed by atoms with van der Waals surface area (Å²) < 4.78 is 13.1. The Morgan fingerprint density at radius 2 is 2.23 bits per heavy atom. The second-order valence-electron chi connectivity index (χ2n) is 2.62. The first-order valence-electron chi connectivity index (χ1n) is 3.78. The molecule has 0 saturated carbocycles. The normalized spacial score (nSPS) is 10.2. The lowest BCUT2D eigenvalue weighted by molar-refractivity contribution is -0.105. The highest BCUT2D eigenvalue weighted by Crippen LogP contribution is 2.23. The average Bonchev–Trinajstić information content (AvgIpc) is 2.59. The van der Waals surface area contributed by atoms with E-state index in [2.05, 4.69) is 10.3 Å². The van der Waals surface area contributed by atoms with Gasteiger partial charge in [-0.15, -0.1) is 0 Å². The van der Waals surface area contributed by atoms with Crippen molar-refractivity contribution in [2.24, 2.45) is 0 Å². The maximum absolute atomic E-state index is 13.1. The Morgan fingerprint density at radius 3 is 3.00 bits per heavy atom. The van der Waals surface area contributed by atoms with Crippen LogP contribution >= 0.6 is 0 Å². The molecule has 1 aromatic carbocycles. The van der Waals surface area contributed by atoms with Gasteiger partial charge in [0.25, 0.3) is 0 Å². The first-order chi connectivity index (χ1) is 6.33. The number of benzene rings is 1. The number of H-pyrrole nitrogens is 1. The number of carbonyl (C=O) groups is 1. The van der Waals surface area contributed by atoms with E-state index >= 15 is 0 Å². The molecule has 1 aromatic heterocycles. The molecule has 1 amide bonds. The molecule has 1 heterocycles. The zero-order valence-electron chi connectivity index (χ0n) is 6.67. The topological polar surface area (TPSA) is 44.9 Å². The number of carbonyl (C=O) groups excluding carboxylic acids is 1. The summed E-state index contributed by atoms with van der Waals surface area (Å²) in [7, 11) is 0. The Morgan fingerprint density at radius 1 is 1.38 bits per heavy atom. The molecule has 2 N–H and O–H groups in total. The van der Waals surface area contributed by atoms with Crippen LogP contribution < -0.4 is 5.32 Å². The van der Waals surface area contributed by atoms with Gasteiger partial charge in [0, 0.05) is 11.6 Å². The van der Waals surface area contributed by atoms with E-state index in [0.29, 0.717) is 23.0 Å². The lowest BCUT2D eigenvalue weighted by atomic mass is 10.2. The van der Waals surface area contributed by atoms with Crippen LogP contribution in [0.5, 0.6) is 0 Å². The summed E-state index contributed by atoms with van der Waals surface area (Å²) in [5.41, 5.74) is 1.18. The van der Waals surface area contributed by atoms with Crippen LogP contribution in [0.15, 0.2) is 24.4 Å². The molecule has 2 aromatic rings. The van der Waals surface area contributed by atoms with E-state index in [1.807, 2.05) is 0 Å². The molecular formula is C9H7FN2O. The molecule has 0 fully saturated rings. The van der Waals surface area contributed by atoms with E-state index in [1.54, 1.807) is 12.3 Å². The minimum Gasteiger partial charge on any atom is -0.359 e. The number of fused-ring (bicyclic) bond motifs is 1. The van der Waals surface area contributed by atoms with E-state index in [0.717, 1.165) is 0 Å². The van der Waals surface area contributed by atoms with E-state index in [1.165, 1.54) is 12.1 Å². The zero-order chi connectivity index (χ0) is 9.26. The molecule has 4 heteroatoms. The van der Waals surface area contributed by atoms with Crippen LogP contribution in [0.3, 0.4) is 0 Å². The van der Waals surface area contributed by atoms with Crippen molar-refractivity contribution >= 4 is 23.0 Å². The molecule has 0 spiro atoms. The quantitative estimate of drug-likeness (QED) is 0.677. The maximum Gasteiger partial charge on any atom is 0.211 e. The van der Waals surface area contributed by atoms with Crippen molar-refractivity contribution in [3.63, 3.8) is 0 Å². The molecule has 0 aliphatic rings. The van der Waals surface area contributed by atoms with Crippen LogP contribution in [0.2, 0.25) is 0 Å². The molecule has 0 saturated heterocycles. The SMILES string of the molecule is O=CNc1ccc(F)c2cc[nH]c12. The van der Waals surface area contributed by atoms with Crippen molar-refractivity contribution in [2.45, 2.75) is 0 Å². The van der Waals surface area contributed by atoms with Gasteiger partial charge in [-0.1, -0.05) is 0 Å². The minimum atomic E-state index is -0.298. The number of aromatic amines is 1. The predicted molar refractivity (Wildman–Crippen MR) is 47.9 cm³/mol. The molecule has 0 aliphatic carbocycles. The Bertz CT molecular complexity index is 450. The third-order valence-electron chi connectivity index (χ3n) is 1.88. The van der Waals surface area contributed by atoms with Gasteiger partial charge in [0.2, 0.25) is 6.41 Å². The van der Waals surface area contributed by atoms with Gasteiger partial charge < -0.3 is 10.3 Å². The summed E-state index contributed by atoms with van der Waals surface area (Å²) in [6.45, 7) is 0. The first-order valence-corrected chi connectivity index (χ1v) is 3.78. The number of anilines is 1. The summed E-state index contributed by atoms with van der Waals surface area (Å²) in [4.78, 5) is 13.1.